The van der Waals surface area contributed by atoms with Crippen LogP contribution in [0.2, 0.25) is 5.02 Å². The Balaban J connectivity index is 1.64. The maximum atomic E-state index is 10.6. The van der Waals surface area contributed by atoms with Gasteiger partial charge in [0.25, 0.3) is 0 Å². The minimum Gasteiger partial charge on any atom is -0.506 e. The smallest absolute Gasteiger partial charge is 0.174 e. The predicted octanol–water partition coefficient (Wildman–Crippen LogP) is 5.06. The van der Waals surface area contributed by atoms with E-state index >= 15 is 0 Å². The van der Waals surface area contributed by atoms with Crippen molar-refractivity contribution in [2.75, 3.05) is 4.90 Å². The van der Waals surface area contributed by atoms with Crippen molar-refractivity contribution in [2.24, 2.45) is 0 Å². The van der Waals surface area contributed by atoms with Gasteiger partial charge in [0.1, 0.15) is 17.6 Å². The zero-order valence-corrected chi connectivity index (χ0v) is 17.9. The molecule has 0 amide bonds. The average Bonchev–Trinajstić information content (AvgIpc) is 3.51. The van der Waals surface area contributed by atoms with Crippen LogP contribution >= 0.6 is 23.8 Å². The maximum Gasteiger partial charge on any atom is 0.174 e. The number of nitrogens with zero attached hydrogens (tertiary/aromatic N) is 3. The average molecular weight is 451 g/mol. The first kappa shape index (κ1) is 19.7. The van der Waals surface area contributed by atoms with E-state index in [2.05, 4.69) is 14.9 Å². The van der Waals surface area contributed by atoms with Gasteiger partial charge in [-0.3, -0.25) is 4.98 Å². The van der Waals surface area contributed by atoms with Crippen molar-refractivity contribution in [1.29, 1.82) is 0 Å². The number of pyridine rings is 1. The summed E-state index contributed by atoms with van der Waals surface area (Å²) in [5, 5.41) is 15.0. The van der Waals surface area contributed by atoms with Crippen LogP contribution in [0.4, 0.5) is 5.69 Å². The van der Waals surface area contributed by atoms with Gasteiger partial charge in [0.15, 0.2) is 5.11 Å². The number of hydrogen-bond acceptors (Lipinski definition) is 4. The lowest BCUT2D eigenvalue weighted by atomic mass is 10.0. The van der Waals surface area contributed by atoms with Crippen molar-refractivity contribution < 1.29 is 9.52 Å². The molecule has 4 aromatic rings. The van der Waals surface area contributed by atoms with Crippen LogP contribution in [0.1, 0.15) is 29.2 Å². The number of phenols is 1. The van der Waals surface area contributed by atoms with Crippen molar-refractivity contribution in [3.63, 3.8) is 0 Å². The Morgan fingerprint density at radius 1 is 1.13 bits per heavy atom. The number of furan rings is 1. The number of benzene rings is 1. The Bertz CT molecular complexity index is 1210. The highest BCUT2D eigenvalue weighted by molar-refractivity contribution is 7.80. The molecule has 1 saturated heterocycles. The number of thiocarbonyl (C=S) groups is 1. The molecule has 3 aromatic heterocycles. The third-order valence-corrected chi connectivity index (χ3v) is 5.92. The van der Waals surface area contributed by atoms with Crippen molar-refractivity contribution in [2.45, 2.75) is 18.6 Å². The lowest BCUT2D eigenvalue weighted by Crippen LogP contribution is -2.30. The molecule has 0 saturated carbocycles. The van der Waals surface area contributed by atoms with E-state index in [0.29, 0.717) is 22.4 Å². The Kier molecular flexibility index (Phi) is 5.13. The van der Waals surface area contributed by atoms with Gasteiger partial charge >= 0.3 is 0 Å². The molecule has 1 fully saturated rings. The van der Waals surface area contributed by atoms with Crippen molar-refractivity contribution in [3.8, 4) is 5.75 Å². The first-order chi connectivity index (χ1) is 15.1. The Morgan fingerprint density at radius 3 is 2.81 bits per heavy atom. The second-order valence-corrected chi connectivity index (χ2v) is 8.09. The summed E-state index contributed by atoms with van der Waals surface area (Å²) in [6.07, 6.45) is 5.43. The van der Waals surface area contributed by atoms with Crippen LogP contribution < -0.4 is 10.2 Å². The van der Waals surface area contributed by atoms with Crippen LogP contribution in [0.5, 0.6) is 5.75 Å². The summed E-state index contributed by atoms with van der Waals surface area (Å²) in [6, 6.07) is 18.1. The largest absolute Gasteiger partial charge is 0.506 e. The molecule has 1 aromatic carbocycles. The van der Waals surface area contributed by atoms with Crippen LogP contribution in [0.25, 0.3) is 0 Å². The number of anilines is 1. The molecule has 6 nitrogen and oxygen atoms in total. The molecule has 156 valence electrons. The summed E-state index contributed by atoms with van der Waals surface area (Å²) in [7, 11) is 0. The molecule has 8 heteroatoms. The van der Waals surface area contributed by atoms with Gasteiger partial charge in [-0.2, -0.15) is 0 Å². The predicted molar refractivity (Wildman–Crippen MR) is 123 cm³/mol. The Hall–Kier alpha value is -3.29. The van der Waals surface area contributed by atoms with Crippen LogP contribution in [0.15, 0.2) is 83.7 Å². The first-order valence-corrected chi connectivity index (χ1v) is 10.6. The molecule has 0 bridgehead atoms. The number of aromatic nitrogens is 2. The maximum absolute atomic E-state index is 10.6. The fraction of sp³-hybridized carbons (Fsp3) is 0.130. The van der Waals surface area contributed by atoms with Gasteiger partial charge in [-0.25, -0.2) is 0 Å². The summed E-state index contributed by atoms with van der Waals surface area (Å²) in [4.78, 5) is 6.47. The Morgan fingerprint density at radius 2 is 2.03 bits per heavy atom. The molecule has 1 aliphatic rings. The number of rotatable bonds is 5. The molecule has 0 spiro atoms. The number of hydrogen-bond donors (Lipinski definition) is 2. The first-order valence-electron chi connectivity index (χ1n) is 9.78. The van der Waals surface area contributed by atoms with E-state index in [1.54, 1.807) is 30.7 Å². The number of nitrogens with one attached hydrogen (secondary N) is 1. The molecule has 2 atom stereocenters. The van der Waals surface area contributed by atoms with Crippen LogP contribution in [-0.2, 0) is 6.54 Å². The second kappa shape index (κ2) is 8.09. The third kappa shape index (κ3) is 3.66. The van der Waals surface area contributed by atoms with Gasteiger partial charge in [0, 0.05) is 23.1 Å². The van der Waals surface area contributed by atoms with E-state index < -0.39 is 0 Å². The van der Waals surface area contributed by atoms with E-state index in [0.717, 1.165) is 17.1 Å². The van der Waals surface area contributed by atoms with Crippen molar-refractivity contribution in [3.05, 3.63) is 101 Å². The number of halogens is 1. The fourth-order valence-electron chi connectivity index (χ4n) is 4.01. The molecule has 2 N–H and O–H groups in total. The topological polar surface area (TPSA) is 66.5 Å². The van der Waals surface area contributed by atoms with E-state index in [1.807, 2.05) is 53.6 Å². The Labute approximate surface area is 189 Å². The quantitative estimate of drug-likeness (QED) is 0.414. The summed E-state index contributed by atoms with van der Waals surface area (Å²) >= 11 is 12.0. The molecule has 0 aliphatic carbocycles. The normalized spacial score (nSPS) is 18.4. The van der Waals surface area contributed by atoms with Crippen LogP contribution in [0, 0.1) is 0 Å². The second-order valence-electron chi connectivity index (χ2n) is 7.27. The summed E-state index contributed by atoms with van der Waals surface area (Å²) in [5.41, 5.74) is 2.39. The van der Waals surface area contributed by atoms with Crippen LogP contribution in [0.3, 0.4) is 0 Å². The minimum absolute atomic E-state index is 0.101. The molecule has 5 rings (SSSR count). The van der Waals surface area contributed by atoms with E-state index in [4.69, 9.17) is 28.2 Å². The fourth-order valence-corrected chi connectivity index (χ4v) is 4.52. The molecule has 0 radical (unpaired) electrons. The van der Waals surface area contributed by atoms with E-state index in [1.165, 1.54) is 0 Å². The third-order valence-electron chi connectivity index (χ3n) is 5.37. The summed E-state index contributed by atoms with van der Waals surface area (Å²) in [5.74, 6) is 0.946. The van der Waals surface area contributed by atoms with Gasteiger partial charge in [-0.15, -0.1) is 0 Å². The van der Waals surface area contributed by atoms with Gasteiger partial charge in [0.05, 0.1) is 30.2 Å². The summed E-state index contributed by atoms with van der Waals surface area (Å²) < 4.78 is 7.67. The lowest BCUT2D eigenvalue weighted by molar-refractivity contribution is 0.465. The molecule has 31 heavy (non-hydrogen) atoms. The summed E-state index contributed by atoms with van der Waals surface area (Å²) in [6.45, 7) is 0.572. The highest BCUT2D eigenvalue weighted by atomic mass is 35.5. The SMILES string of the molecule is Oc1ccc(Cl)cc1N1C(=S)N[C@@H](c2ccccn2)[C@H]1c1cccn1Cc1ccco1. The highest BCUT2D eigenvalue weighted by Gasteiger charge is 2.43. The van der Waals surface area contributed by atoms with Gasteiger partial charge in [-0.05, 0) is 66.8 Å². The number of aromatic hydroxyl groups is 1. The molecule has 4 heterocycles. The van der Waals surface area contributed by atoms with Crippen LogP contribution in [-0.4, -0.2) is 19.8 Å². The molecule has 1 aliphatic heterocycles. The lowest BCUT2D eigenvalue weighted by Gasteiger charge is -2.29. The van der Waals surface area contributed by atoms with Gasteiger partial charge in [-0.1, -0.05) is 17.7 Å². The van der Waals surface area contributed by atoms with E-state index in [-0.39, 0.29) is 17.8 Å². The molecular weight excluding hydrogens is 432 g/mol. The van der Waals surface area contributed by atoms with Gasteiger partial charge < -0.3 is 24.3 Å². The highest BCUT2D eigenvalue weighted by Crippen LogP contribution is 2.45. The molecular formula is C23H19ClN4O2S. The monoisotopic (exact) mass is 450 g/mol. The molecule has 0 unspecified atom stereocenters. The standard InChI is InChI=1S/C23H19ClN4O2S/c24-15-8-9-20(29)19(13-15)28-22(21(26-23(28)31)17-6-1-2-10-25-17)18-7-3-11-27(18)14-16-5-4-12-30-16/h1-13,21-22,29H,14H2,(H,26,31)/t21-,22+/m0/s1. The van der Waals surface area contributed by atoms with Crippen molar-refractivity contribution >= 4 is 34.6 Å². The van der Waals surface area contributed by atoms with E-state index in [9.17, 15) is 5.11 Å². The number of phenolic OH excluding ortho intramolecular Hbond substituents is 1. The van der Waals surface area contributed by atoms with Gasteiger partial charge in [0.2, 0.25) is 0 Å². The van der Waals surface area contributed by atoms with Crippen molar-refractivity contribution in [1.82, 2.24) is 14.9 Å². The zero-order valence-electron chi connectivity index (χ0n) is 16.4. The minimum atomic E-state index is -0.267. The zero-order chi connectivity index (χ0) is 21.4.